The Morgan fingerprint density at radius 2 is 1.89 bits per heavy atom. The summed E-state index contributed by atoms with van der Waals surface area (Å²) in [6.07, 6.45) is 4.77. The molecule has 0 unspecified atom stereocenters. The summed E-state index contributed by atoms with van der Waals surface area (Å²) in [5, 5.41) is 3.17. The molecule has 3 nitrogen and oxygen atoms in total. The van der Waals surface area contributed by atoms with Crippen molar-refractivity contribution in [1.82, 2.24) is 9.78 Å². The number of H-pyrrole nitrogens is 1. The van der Waals surface area contributed by atoms with Crippen LogP contribution < -0.4 is 0 Å². The van der Waals surface area contributed by atoms with E-state index in [1.807, 2.05) is 54.5 Å². The van der Waals surface area contributed by atoms with Gasteiger partial charge in [-0.2, -0.15) is 0 Å². The number of rotatable bonds is 2. The number of aryl methyl sites for hydroxylation is 2. The van der Waals surface area contributed by atoms with Crippen LogP contribution in [0.1, 0.15) is 15.9 Å². The summed E-state index contributed by atoms with van der Waals surface area (Å²) in [5.74, 6) is 0. The molecule has 0 atom stereocenters. The van der Waals surface area contributed by atoms with Crippen molar-refractivity contribution in [3.63, 3.8) is 0 Å². The zero-order chi connectivity index (χ0) is 13.0. The first kappa shape index (κ1) is 12.2. The van der Waals surface area contributed by atoms with Crippen molar-refractivity contribution in [3.8, 4) is 11.1 Å². The molecule has 2 aromatic rings. The van der Waals surface area contributed by atoms with E-state index in [9.17, 15) is 4.79 Å². The Balaban J connectivity index is 2.55. The number of nitrogens with zero attached hydrogens (tertiary/aromatic N) is 1. The molecule has 1 N–H and O–H groups in total. The molecule has 0 saturated heterocycles. The summed E-state index contributed by atoms with van der Waals surface area (Å²) >= 11 is 0. The molecule has 0 bridgehead atoms. The highest BCUT2D eigenvalue weighted by atomic mass is 16.1. The molecule has 92 valence electrons. The minimum absolute atomic E-state index is 0.691. The largest absolute Gasteiger partial charge is 0.306 e. The van der Waals surface area contributed by atoms with E-state index in [0.717, 1.165) is 17.4 Å². The number of benzene rings is 1. The first-order valence-corrected chi connectivity index (χ1v) is 5.81. The van der Waals surface area contributed by atoms with Crippen molar-refractivity contribution in [2.75, 3.05) is 0 Å². The minimum Gasteiger partial charge on any atom is -0.306 e. The van der Waals surface area contributed by atoms with Gasteiger partial charge in [0.2, 0.25) is 0 Å². The molecule has 3 heteroatoms. The van der Waals surface area contributed by atoms with Gasteiger partial charge in [0.1, 0.15) is 6.29 Å². The SMILES string of the molecule is Cc1cccn(C)[nH]cc1-c1ccc(C=O)cc1. The first-order chi connectivity index (χ1) is 8.70. The number of aromatic amines is 1. The fraction of sp³-hybridized carbons (Fsp3) is 0.133. The fourth-order valence-electron chi connectivity index (χ4n) is 1.78. The molecule has 1 heterocycles. The average Bonchev–Trinajstić information content (AvgIpc) is 2.38. The van der Waals surface area contributed by atoms with Crippen molar-refractivity contribution in [3.05, 3.63) is 59.9 Å². The van der Waals surface area contributed by atoms with E-state index >= 15 is 0 Å². The zero-order valence-corrected chi connectivity index (χ0v) is 10.6. The smallest absolute Gasteiger partial charge is 0.150 e. The minimum atomic E-state index is 0.691. The van der Waals surface area contributed by atoms with Crippen LogP contribution in [0.2, 0.25) is 0 Å². The molecule has 0 saturated carbocycles. The monoisotopic (exact) mass is 240 g/mol. The maximum atomic E-state index is 10.6. The molecule has 1 aromatic heterocycles. The average molecular weight is 240 g/mol. The maximum absolute atomic E-state index is 10.6. The number of hydrogen-bond acceptors (Lipinski definition) is 1. The Kier molecular flexibility index (Phi) is 3.63. The van der Waals surface area contributed by atoms with Crippen LogP contribution in [0.15, 0.2) is 48.8 Å². The quantitative estimate of drug-likeness (QED) is 0.804. The number of aldehydes is 1. The van der Waals surface area contributed by atoms with Crippen LogP contribution in [0.3, 0.4) is 0 Å². The van der Waals surface area contributed by atoms with Gasteiger partial charge in [0.05, 0.1) is 0 Å². The molecule has 0 fully saturated rings. The molecule has 0 aliphatic heterocycles. The van der Waals surface area contributed by atoms with E-state index in [-0.39, 0.29) is 0 Å². The summed E-state index contributed by atoms with van der Waals surface area (Å²) in [6, 6.07) is 11.6. The van der Waals surface area contributed by atoms with E-state index < -0.39 is 0 Å². The number of nitrogens with one attached hydrogen (secondary N) is 1. The summed E-state index contributed by atoms with van der Waals surface area (Å²) in [5.41, 5.74) is 4.07. The summed E-state index contributed by atoms with van der Waals surface area (Å²) in [4.78, 5) is 10.6. The van der Waals surface area contributed by atoms with Crippen LogP contribution in [0.4, 0.5) is 0 Å². The predicted octanol–water partition coefficient (Wildman–Crippen LogP) is 3.27. The van der Waals surface area contributed by atoms with Crippen LogP contribution in [0.5, 0.6) is 0 Å². The topological polar surface area (TPSA) is 37.8 Å². The molecule has 0 aliphatic carbocycles. The second-order valence-electron chi connectivity index (χ2n) is 4.23. The van der Waals surface area contributed by atoms with E-state index in [0.29, 0.717) is 5.56 Å². The zero-order valence-electron chi connectivity index (χ0n) is 10.6. The summed E-state index contributed by atoms with van der Waals surface area (Å²) in [7, 11) is 1.94. The van der Waals surface area contributed by atoms with Gasteiger partial charge in [0.25, 0.3) is 0 Å². The Morgan fingerprint density at radius 3 is 2.56 bits per heavy atom. The molecule has 0 amide bonds. The standard InChI is InChI=1S/C15H16N2O/c1-12-4-3-9-17(2)16-10-15(12)14-7-5-13(11-18)6-8-14/h3-11,16H,1-2H3. The van der Waals surface area contributed by atoms with E-state index in [2.05, 4.69) is 18.1 Å². The Hall–Kier alpha value is -2.29. The van der Waals surface area contributed by atoms with Gasteiger partial charge in [-0.3, -0.25) is 9.48 Å². The van der Waals surface area contributed by atoms with Gasteiger partial charge in [0.15, 0.2) is 0 Å². The molecule has 2 rings (SSSR count). The lowest BCUT2D eigenvalue weighted by Crippen LogP contribution is -1.93. The number of carbonyl (C=O) groups is 1. The highest BCUT2D eigenvalue weighted by Gasteiger charge is 2.00. The van der Waals surface area contributed by atoms with Crippen LogP contribution in [0.25, 0.3) is 11.1 Å². The van der Waals surface area contributed by atoms with Gasteiger partial charge in [-0.15, -0.1) is 0 Å². The van der Waals surface area contributed by atoms with Crippen LogP contribution in [-0.4, -0.2) is 16.1 Å². The molecule has 18 heavy (non-hydrogen) atoms. The summed E-state index contributed by atoms with van der Waals surface area (Å²) < 4.78 is 1.88. The van der Waals surface area contributed by atoms with Gasteiger partial charge in [0, 0.05) is 30.6 Å². The second kappa shape index (κ2) is 5.36. The van der Waals surface area contributed by atoms with Crippen LogP contribution in [0, 0.1) is 6.92 Å². The van der Waals surface area contributed by atoms with Gasteiger partial charge in [-0.05, 0) is 24.1 Å². The van der Waals surface area contributed by atoms with E-state index in [1.165, 1.54) is 5.56 Å². The van der Waals surface area contributed by atoms with Crippen LogP contribution in [-0.2, 0) is 7.05 Å². The lowest BCUT2D eigenvalue weighted by molar-refractivity contribution is 0.112. The Bertz CT molecular complexity index is 589. The Morgan fingerprint density at radius 1 is 1.17 bits per heavy atom. The molecule has 1 aromatic carbocycles. The molecular weight excluding hydrogens is 224 g/mol. The lowest BCUT2D eigenvalue weighted by atomic mass is 10.0. The van der Waals surface area contributed by atoms with Gasteiger partial charge >= 0.3 is 0 Å². The molecular formula is C15H16N2O. The van der Waals surface area contributed by atoms with Crippen molar-refractivity contribution in [1.29, 1.82) is 0 Å². The van der Waals surface area contributed by atoms with Crippen molar-refractivity contribution >= 4 is 6.29 Å². The van der Waals surface area contributed by atoms with E-state index in [4.69, 9.17) is 0 Å². The molecule has 0 spiro atoms. The molecule has 0 aliphatic rings. The van der Waals surface area contributed by atoms with Crippen molar-refractivity contribution in [2.45, 2.75) is 6.92 Å². The highest BCUT2D eigenvalue weighted by Crippen LogP contribution is 2.21. The third-order valence-electron chi connectivity index (χ3n) is 2.85. The van der Waals surface area contributed by atoms with Crippen molar-refractivity contribution in [2.24, 2.45) is 7.05 Å². The van der Waals surface area contributed by atoms with Gasteiger partial charge < -0.3 is 5.10 Å². The van der Waals surface area contributed by atoms with Crippen LogP contribution >= 0.6 is 0 Å². The Labute approximate surface area is 106 Å². The van der Waals surface area contributed by atoms with Gasteiger partial charge in [-0.1, -0.05) is 30.3 Å². The third kappa shape index (κ3) is 2.69. The number of hydrogen-bond donors (Lipinski definition) is 1. The summed E-state index contributed by atoms with van der Waals surface area (Å²) in [6.45, 7) is 2.07. The van der Waals surface area contributed by atoms with E-state index in [1.54, 1.807) is 0 Å². The van der Waals surface area contributed by atoms with Gasteiger partial charge in [-0.25, -0.2) is 0 Å². The predicted molar refractivity (Wildman–Crippen MR) is 73.0 cm³/mol. The maximum Gasteiger partial charge on any atom is 0.150 e. The normalized spacial score (nSPS) is 9.89. The first-order valence-electron chi connectivity index (χ1n) is 5.81. The number of aromatic nitrogens is 2. The lowest BCUT2D eigenvalue weighted by Gasteiger charge is -2.05. The second-order valence-corrected chi connectivity index (χ2v) is 4.23. The third-order valence-corrected chi connectivity index (χ3v) is 2.85. The molecule has 0 radical (unpaired) electrons. The number of carbonyl (C=O) groups excluding carboxylic acids is 1. The fourth-order valence-corrected chi connectivity index (χ4v) is 1.78. The highest BCUT2D eigenvalue weighted by molar-refractivity contribution is 5.77. The van der Waals surface area contributed by atoms with Crippen molar-refractivity contribution < 1.29 is 4.79 Å².